The average molecular weight is 579 g/mol. The number of piperidine rings is 1. The molecule has 0 saturated carbocycles. The number of rotatable bonds is 12. The molecule has 3 aromatic rings. The lowest BCUT2D eigenvalue weighted by Gasteiger charge is -2.34. The summed E-state index contributed by atoms with van der Waals surface area (Å²) in [6.45, 7) is 4.68. The van der Waals surface area contributed by atoms with Crippen LogP contribution >= 0.6 is 0 Å². The second kappa shape index (κ2) is 14.2. The predicted octanol–water partition coefficient (Wildman–Crippen LogP) is 4.53. The van der Waals surface area contributed by atoms with Gasteiger partial charge in [-0.15, -0.1) is 0 Å². The van der Waals surface area contributed by atoms with Crippen LogP contribution in [0.5, 0.6) is 11.5 Å². The third kappa shape index (κ3) is 9.70. The second-order valence-electron chi connectivity index (χ2n) is 10.4. The second-order valence-corrected chi connectivity index (χ2v) is 12.1. The van der Waals surface area contributed by atoms with Gasteiger partial charge >= 0.3 is 0 Å². The first-order valence-corrected chi connectivity index (χ1v) is 15.8. The van der Waals surface area contributed by atoms with Gasteiger partial charge in [-0.1, -0.05) is 43.7 Å². The number of imide groups is 1. The summed E-state index contributed by atoms with van der Waals surface area (Å²) in [7, 11) is -3.32. The zero-order chi connectivity index (χ0) is 29.2. The molecule has 1 atom stereocenters. The number of amides is 2. The summed E-state index contributed by atoms with van der Waals surface area (Å²) >= 11 is 0. The summed E-state index contributed by atoms with van der Waals surface area (Å²) in [6, 6.07) is 23.3. The molecule has 0 aromatic heterocycles. The van der Waals surface area contributed by atoms with Crippen LogP contribution in [0.15, 0.2) is 78.9 Å². The summed E-state index contributed by atoms with van der Waals surface area (Å²) in [5.41, 5.74) is 2.14. The van der Waals surface area contributed by atoms with E-state index in [4.69, 9.17) is 4.74 Å². The van der Waals surface area contributed by atoms with Crippen molar-refractivity contribution in [2.75, 3.05) is 24.1 Å². The number of nitrogens with zero attached hydrogens (tertiary/aromatic N) is 1. The van der Waals surface area contributed by atoms with Gasteiger partial charge in [0.2, 0.25) is 15.9 Å². The standard InChI is InChI=1S/C31H38N4O5S/c1-3-7-29(31(37)33-30(36)24-8-5-4-6-9-24)32-25-18-20-35(21-19-25)22-23-10-14-27(15-11-23)40-28-16-12-26(13-17-28)34-41(2,38)39/h4-6,8-17,25,29,32,34H,3,7,18-22H2,1-2H3,(H,33,36,37). The van der Waals surface area contributed by atoms with Crippen molar-refractivity contribution in [2.24, 2.45) is 0 Å². The van der Waals surface area contributed by atoms with Gasteiger partial charge in [0.1, 0.15) is 11.5 Å². The highest BCUT2D eigenvalue weighted by Crippen LogP contribution is 2.24. The number of benzene rings is 3. The first kappa shape index (κ1) is 30.2. The lowest BCUT2D eigenvalue weighted by molar-refractivity contribution is -0.122. The van der Waals surface area contributed by atoms with Crippen LogP contribution in [0.2, 0.25) is 0 Å². The third-order valence-electron chi connectivity index (χ3n) is 6.91. The van der Waals surface area contributed by atoms with Crippen LogP contribution in [0, 0.1) is 0 Å². The van der Waals surface area contributed by atoms with E-state index >= 15 is 0 Å². The maximum Gasteiger partial charge on any atom is 0.257 e. The Kier molecular flexibility index (Phi) is 10.5. The molecule has 0 aliphatic carbocycles. The fraction of sp³-hybridized carbons (Fsp3) is 0.355. The highest BCUT2D eigenvalue weighted by molar-refractivity contribution is 7.92. The summed E-state index contributed by atoms with van der Waals surface area (Å²) in [5, 5.41) is 6.06. The first-order chi connectivity index (χ1) is 19.7. The van der Waals surface area contributed by atoms with Crippen molar-refractivity contribution >= 4 is 27.5 Å². The Morgan fingerprint density at radius 3 is 2.12 bits per heavy atom. The fourth-order valence-electron chi connectivity index (χ4n) is 4.84. The molecule has 0 radical (unpaired) electrons. The van der Waals surface area contributed by atoms with Gasteiger partial charge in [0.15, 0.2) is 0 Å². The summed E-state index contributed by atoms with van der Waals surface area (Å²) in [6.07, 6.45) is 4.47. The van der Waals surface area contributed by atoms with Gasteiger partial charge in [-0.3, -0.25) is 24.5 Å². The van der Waals surface area contributed by atoms with Gasteiger partial charge < -0.3 is 10.1 Å². The number of anilines is 1. The zero-order valence-corrected chi connectivity index (χ0v) is 24.3. The van der Waals surface area contributed by atoms with Gasteiger partial charge in [0, 0.05) is 23.8 Å². The first-order valence-electron chi connectivity index (χ1n) is 13.9. The lowest BCUT2D eigenvalue weighted by Crippen LogP contribution is -2.52. The minimum Gasteiger partial charge on any atom is -0.457 e. The van der Waals surface area contributed by atoms with Crippen molar-refractivity contribution in [1.82, 2.24) is 15.5 Å². The quantitative estimate of drug-likeness (QED) is 0.289. The van der Waals surface area contributed by atoms with Crippen molar-refractivity contribution in [3.63, 3.8) is 0 Å². The minimum absolute atomic E-state index is 0.218. The van der Waals surface area contributed by atoms with E-state index in [0.29, 0.717) is 29.2 Å². The van der Waals surface area contributed by atoms with Crippen LogP contribution in [-0.4, -0.2) is 56.6 Å². The molecule has 3 N–H and O–H groups in total. The molecule has 1 heterocycles. The van der Waals surface area contributed by atoms with E-state index in [1.807, 2.05) is 37.3 Å². The Bertz CT molecular complexity index is 1390. The average Bonchev–Trinajstić information content (AvgIpc) is 2.95. The van der Waals surface area contributed by atoms with E-state index in [0.717, 1.165) is 45.2 Å². The number of nitrogens with one attached hydrogen (secondary N) is 3. The number of hydrogen-bond acceptors (Lipinski definition) is 7. The summed E-state index contributed by atoms with van der Waals surface area (Å²) < 4.78 is 31.0. The largest absolute Gasteiger partial charge is 0.457 e. The van der Waals surface area contributed by atoms with Crippen molar-refractivity contribution in [2.45, 2.75) is 51.2 Å². The molecule has 3 aromatic carbocycles. The molecule has 0 bridgehead atoms. The van der Waals surface area contributed by atoms with E-state index in [9.17, 15) is 18.0 Å². The minimum atomic E-state index is -3.32. The molecule has 2 amide bonds. The van der Waals surface area contributed by atoms with Gasteiger partial charge in [-0.2, -0.15) is 0 Å². The molecule has 218 valence electrons. The number of ether oxygens (including phenoxy) is 1. The Labute approximate surface area is 242 Å². The van der Waals surface area contributed by atoms with Crippen LogP contribution in [0.4, 0.5) is 5.69 Å². The summed E-state index contributed by atoms with van der Waals surface area (Å²) in [4.78, 5) is 27.7. The SMILES string of the molecule is CCCC(NC1CCN(Cc2ccc(Oc3ccc(NS(C)(=O)=O)cc3)cc2)CC1)C(=O)NC(=O)c1ccccc1. The molecular formula is C31H38N4O5S. The maximum atomic E-state index is 12.9. The Morgan fingerprint density at radius 1 is 0.927 bits per heavy atom. The van der Waals surface area contributed by atoms with Gasteiger partial charge in [-0.05, 0) is 86.4 Å². The Balaban J connectivity index is 1.22. The van der Waals surface area contributed by atoms with Crippen molar-refractivity contribution in [3.8, 4) is 11.5 Å². The number of hydrogen-bond donors (Lipinski definition) is 3. The van der Waals surface area contributed by atoms with Crippen LogP contribution < -0.4 is 20.1 Å². The molecule has 1 aliphatic heterocycles. The van der Waals surface area contributed by atoms with Crippen LogP contribution in [0.25, 0.3) is 0 Å². The van der Waals surface area contributed by atoms with Gasteiger partial charge in [0.25, 0.3) is 5.91 Å². The van der Waals surface area contributed by atoms with E-state index in [-0.39, 0.29) is 17.9 Å². The van der Waals surface area contributed by atoms with E-state index in [1.165, 1.54) is 5.56 Å². The molecule has 0 spiro atoms. The molecular weight excluding hydrogens is 540 g/mol. The lowest BCUT2D eigenvalue weighted by atomic mass is 10.0. The van der Waals surface area contributed by atoms with Crippen molar-refractivity contribution in [1.29, 1.82) is 0 Å². The highest BCUT2D eigenvalue weighted by atomic mass is 32.2. The monoisotopic (exact) mass is 578 g/mol. The summed E-state index contributed by atoms with van der Waals surface area (Å²) in [5.74, 6) is 0.675. The number of carbonyl (C=O) groups is 2. The van der Waals surface area contributed by atoms with Crippen molar-refractivity contribution in [3.05, 3.63) is 90.0 Å². The molecule has 1 fully saturated rings. The molecule has 1 saturated heterocycles. The van der Waals surface area contributed by atoms with E-state index in [2.05, 4.69) is 20.3 Å². The molecule has 4 rings (SSSR count). The van der Waals surface area contributed by atoms with Gasteiger partial charge in [0.05, 0.1) is 12.3 Å². The maximum absolute atomic E-state index is 12.9. The molecule has 10 heteroatoms. The highest BCUT2D eigenvalue weighted by Gasteiger charge is 2.26. The number of sulfonamides is 1. The van der Waals surface area contributed by atoms with Gasteiger partial charge in [-0.25, -0.2) is 8.42 Å². The van der Waals surface area contributed by atoms with E-state index < -0.39 is 16.1 Å². The van der Waals surface area contributed by atoms with Crippen LogP contribution in [0.1, 0.15) is 48.5 Å². The topological polar surface area (TPSA) is 117 Å². The van der Waals surface area contributed by atoms with E-state index in [1.54, 1.807) is 48.5 Å². The smallest absolute Gasteiger partial charge is 0.257 e. The zero-order valence-electron chi connectivity index (χ0n) is 23.5. The fourth-order valence-corrected chi connectivity index (χ4v) is 5.41. The molecule has 1 aliphatic rings. The normalized spacial score (nSPS) is 15.2. The molecule has 41 heavy (non-hydrogen) atoms. The van der Waals surface area contributed by atoms with Crippen molar-refractivity contribution < 1.29 is 22.7 Å². The molecule has 9 nitrogen and oxygen atoms in total. The number of carbonyl (C=O) groups excluding carboxylic acids is 2. The number of likely N-dealkylation sites (tertiary alicyclic amines) is 1. The third-order valence-corrected chi connectivity index (χ3v) is 7.52. The van der Waals surface area contributed by atoms with Crippen LogP contribution in [-0.2, 0) is 21.4 Å². The molecule has 1 unspecified atom stereocenters. The van der Waals surface area contributed by atoms with Crippen LogP contribution in [0.3, 0.4) is 0 Å². The Morgan fingerprint density at radius 2 is 1.54 bits per heavy atom. The predicted molar refractivity (Wildman–Crippen MR) is 160 cm³/mol. The Hall–Kier alpha value is -3.73.